The van der Waals surface area contributed by atoms with Gasteiger partial charge in [0, 0.05) is 7.11 Å². The third kappa shape index (κ3) is 57.0. The van der Waals surface area contributed by atoms with Gasteiger partial charge >= 0.3 is 0 Å². The molecule has 6 nitrogen and oxygen atoms in total. The van der Waals surface area contributed by atoms with E-state index in [1.54, 1.807) is 0 Å². The zero-order valence-corrected chi connectivity index (χ0v) is 12.8. The lowest BCUT2D eigenvalue weighted by atomic mass is 10.1. The SMILES string of the molecule is CC.CCC(C)CC.CO.O.O.OCC(O)CO. The Morgan fingerprint density at radius 1 is 0.833 bits per heavy atom. The lowest BCUT2D eigenvalue weighted by molar-refractivity contribution is 0.0450. The normalized spacial score (nSPS) is 7.33. The van der Waals surface area contributed by atoms with Crippen LogP contribution in [-0.4, -0.2) is 57.8 Å². The number of hydrogen-bond acceptors (Lipinski definition) is 4. The number of rotatable bonds is 4. The average Bonchev–Trinajstić information content (AvgIpc) is 2.41. The Hall–Kier alpha value is -0.240. The first kappa shape index (κ1) is 36.1. The summed E-state index contributed by atoms with van der Waals surface area (Å²) in [6.45, 7) is 10.0. The Kier molecular flexibility index (Phi) is 87.6. The number of aliphatic hydroxyl groups excluding tert-OH is 4. The molecule has 0 bridgehead atoms. The molecule has 0 rings (SSSR count). The van der Waals surface area contributed by atoms with E-state index in [2.05, 4.69) is 20.8 Å². The van der Waals surface area contributed by atoms with E-state index in [1.165, 1.54) is 12.8 Å². The van der Waals surface area contributed by atoms with E-state index in [-0.39, 0.29) is 24.2 Å². The van der Waals surface area contributed by atoms with E-state index in [0.717, 1.165) is 13.0 Å². The quantitative estimate of drug-likeness (QED) is 0.561. The molecule has 0 radical (unpaired) electrons. The molecule has 0 saturated heterocycles. The van der Waals surface area contributed by atoms with Gasteiger partial charge in [0.05, 0.1) is 13.2 Å². The molecule has 0 heterocycles. The van der Waals surface area contributed by atoms with Crippen LogP contribution in [0.15, 0.2) is 0 Å². The highest BCUT2D eigenvalue weighted by atomic mass is 16.3. The van der Waals surface area contributed by atoms with Gasteiger partial charge in [-0.1, -0.05) is 47.5 Å². The van der Waals surface area contributed by atoms with Crippen LogP contribution in [0.1, 0.15) is 47.5 Å². The summed E-state index contributed by atoms with van der Waals surface area (Å²) in [6, 6.07) is 0. The second kappa shape index (κ2) is 43.7. The third-order valence-electron chi connectivity index (χ3n) is 1.82. The van der Waals surface area contributed by atoms with Crippen LogP contribution in [0.2, 0.25) is 0 Å². The molecule has 0 unspecified atom stereocenters. The van der Waals surface area contributed by atoms with Gasteiger partial charge in [0.25, 0.3) is 0 Å². The molecule has 0 aliphatic rings. The Morgan fingerprint density at radius 2 is 1.06 bits per heavy atom. The molecule has 0 aromatic rings. The van der Waals surface area contributed by atoms with Crippen LogP contribution in [0, 0.1) is 5.92 Å². The maximum atomic E-state index is 8.17. The molecule has 120 valence electrons. The predicted octanol–water partition coefficient (Wildman–Crippen LogP) is -0.240. The Morgan fingerprint density at radius 3 is 1.06 bits per heavy atom. The highest BCUT2D eigenvalue weighted by molar-refractivity contribution is 4.44. The van der Waals surface area contributed by atoms with Crippen LogP contribution in [0.25, 0.3) is 0 Å². The minimum absolute atomic E-state index is 0. The van der Waals surface area contributed by atoms with Crippen molar-refractivity contribution in [2.24, 2.45) is 5.92 Å². The van der Waals surface area contributed by atoms with Gasteiger partial charge in [0.1, 0.15) is 6.10 Å². The zero-order valence-electron chi connectivity index (χ0n) is 12.8. The first-order valence-electron chi connectivity index (χ1n) is 5.96. The summed E-state index contributed by atoms with van der Waals surface area (Å²) in [6.07, 6.45) is 1.71. The van der Waals surface area contributed by atoms with E-state index in [4.69, 9.17) is 20.4 Å². The van der Waals surface area contributed by atoms with Gasteiger partial charge in [-0.3, -0.25) is 0 Å². The molecule has 0 aliphatic carbocycles. The fraction of sp³-hybridized carbons (Fsp3) is 1.00. The summed E-state index contributed by atoms with van der Waals surface area (Å²) in [5.74, 6) is 0.935. The van der Waals surface area contributed by atoms with Crippen molar-refractivity contribution in [1.29, 1.82) is 0 Å². The molecular weight excluding hydrogens is 240 g/mol. The van der Waals surface area contributed by atoms with Crippen molar-refractivity contribution in [3.8, 4) is 0 Å². The zero-order chi connectivity index (χ0) is 14.0. The summed E-state index contributed by atoms with van der Waals surface area (Å²) in [4.78, 5) is 0. The highest BCUT2D eigenvalue weighted by Crippen LogP contribution is 2.02. The van der Waals surface area contributed by atoms with Gasteiger partial charge in [-0.25, -0.2) is 0 Å². The van der Waals surface area contributed by atoms with Crippen molar-refractivity contribution < 1.29 is 31.4 Å². The first-order chi connectivity index (χ1) is 7.62. The lowest BCUT2D eigenvalue weighted by Crippen LogP contribution is -2.15. The molecule has 0 saturated carbocycles. The molecule has 8 N–H and O–H groups in total. The minimum Gasteiger partial charge on any atom is -0.412 e. The van der Waals surface area contributed by atoms with E-state index >= 15 is 0 Å². The van der Waals surface area contributed by atoms with Crippen molar-refractivity contribution in [1.82, 2.24) is 0 Å². The largest absolute Gasteiger partial charge is 0.412 e. The van der Waals surface area contributed by atoms with Crippen LogP contribution in [0.5, 0.6) is 0 Å². The van der Waals surface area contributed by atoms with Gasteiger partial charge in [0.15, 0.2) is 0 Å². The smallest absolute Gasteiger partial charge is 0.100 e. The van der Waals surface area contributed by atoms with Crippen molar-refractivity contribution in [3.63, 3.8) is 0 Å². The van der Waals surface area contributed by atoms with E-state index < -0.39 is 6.10 Å². The monoisotopic (exact) mass is 276 g/mol. The second-order valence-corrected chi connectivity index (χ2v) is 2.94. The molecule has 0 atom stereocenters. The van der Waals surface area contributed by atoms with Crippen LogP contribution in [0.4, 0.5) is 0 Å². The van der Waals surface area contributed by atoms with Crippen molar-refractivity contribution in [3.05, 3.63) is 0 Å². The van der Waals surface area contributed by atoms with Crippen LogP contribution < -0.4 is 0 Å². The summed E-state index contributed by atoms with van der Waals surface area (Å²) in [5, 5.41) is 31.0. The van der Waals surface area contributed by atoms with Gasteiger partial charge in [-0.05, 0) is 5.92 Å². The van der Waals surface area contributed by atoms with Gasteiger partial charge < -0.3 is 31.4 Å². The molecular formula is C12H36O6. The maximum Gasteiger partial charge on any atom is 0.100 e. The average molecular weight is 276 g/mol. The maximum absolute atomic E-state index is 8.17. The summed E-state index contributed by atoms with van der Waals surface area (Å²) < 4.78 is 0. The highest BCUT2D eigenvalue weighted by Gasteiger charge is 1.93. The summed E-state index contributed by atoms with van der Waals surface area (Å²) >= 11 is 0. The fourth-order valence-corrected chi connectivity index (χ4v) is 0.346. The van der Waals surface area contributed by atoms with Crippen LogP contribution in [-0.2, 0) is 0 Å². The summed E-state index contributed by atoms with van der Waals surface area (Å²) in [5.41, 5.74) is 0. The Labute approximate surface area is 112 Å². The number of hydrogen-bond donors (Lipinski definition) is 4. The van der Waals surface area contributed by atoms with Gasteiger partial charge in [-0.2, -0.15) is 0 Å². The van der Waals surface area contributed by atoms with Gasteiger partial charge in [0.2, 0.25) is 0 Å². The van der Waals surface area contributed by atoms with Crippen LogP contribution >= 0.6 is 0 Å². The molecule has 0 amide bonds. The molecule has 18 heavy (non-hydrogen) atoms. The molecule has 0 fully saturated rings. The molecule has 6 heteroatoms. The number of aliphatic hydroxyl groups is 4. The van der Waals surface area contributed by atoms with Crippen molar-refractivity contribution in [2.45, 2.75) is 53.6 Å². The van der Waals surface area contributed by atoms with Crippen molar-refractivity contribution >= 4 is 0 Å². The van der Waals surface area contributed by atoms with E-state index in [0.29, 0.717) is 0 Å². The standard InChI is InChI=1S/C6H14.C3H8O3.C2H6.CH4O.2H2O/c1-4-6(3)5-2;4-1-3(6)2-5;2*1-2;;/h6H,4-5H2,1-3H3;3-6H,1-2H2;1-2H3;2H,1H3;2*1H2. The molecule has 0 spiro atoms. The van der Waals surface area contributed by atoms with Gasteiger partial charge in [-0.15, -0.1) is 0 Å². The lowest BCUT2D eigenvalue weighted by Gasteiger charge is -1.98. The Bertz CT molecular complexity index is 65.0. The van der Waals surface area contributed by atoms with Crippen molar-refractivity contribution in [2.75, 3.05) is 20.3 Å². The Balaban J connectivity index is -0.0000000287. The fourth-order valence-electron chi connectivity index (χ4n) is 0.346. The first-order valence-corrected chi connectivity index (χ1v) is 5.96. The van der Waals surface area contributed by atoms with E-state index in [1.807, 2.05) is 13.8 Å². The van der Waals surface area contributed by atoms with E-state index in [9.17, 15) is 0 Å². The van der Waals surface area contributed by atoms with Crippen LogP contribution in [0.3, 0.4) is 0 Å². The molecule has 0 aliphatic heterocycles. The topological polar surface area (TPSA) is 144 Å². The third-order valence-corrected chi connectivity index (χ3v) is 1.82. The molecule has 0 aromatic heterocycles. The second-order valence-electron chi connectivity index (χ2n) is 2.94. The predicted molar refractivity (Wildman–Crippen MR) is 76.6 cm³/mol. The minimum atomic E-state index is -0.954. The molecule has 0 aromatic carbocycles. The summed E-state index contributed by atoms with van der Waals surface area (Å²) in [7, 11) is 1.00.